The third kappa shape index (κ3) is 2.81. The van der Waals surface area contributed by atoms with Gasteiger partial charge in [0.05, 0.1) is 35.5 Å². The predicted molar refractivity (Wildman–Crippen MR) is 69.1 cm³/mol. The van der Waals surface area contributed by atoms with Gasteiger partial charge in [0.25, 0.3) is 0 Å². The highest BCUT2D eigenvalue weighted by atomic mass is 19.1. The van der Waals surface area contributed by atoms with Crippen molar-refractivity contribution in [3.8, 4) is 0 Å². The molecule has 0 saturated heterocycles. The molecule has 0 saturated carbocycles. The van der Waals surface area contributed by atoms with Crippen molar-refractivity contribution in [2.45, 2.75) is 12.8 Å². The van der Waals surface area contributed by atoms with Gasteiger partial charge in [-0.2, -0.15) is 0 Å². The highest BCUT2D eigenvalue weighted by Crippen LogP contribution is 2.37. The summed E-state index contributed by atoms with van der Waals surface area (Å²) in [6, 6.07) is 0. The Kier molecular flexibility index (Phi) is 4.40. The normalized spacial score (nSPS) is 20.9. The topological polar surface area (TPSA) is 64.6 Å². The van der Waals surface area contributed by atoms with Crippen LogP contribution >= 0.6 is 0 Å². The Morgan fingerprint density at radius 2 is 2.29 bits per heavy atom. The van der Waals surface area contributed by atoms with E-state index in [1.165, 1.54) is 0 Å². The van der Waals surface area contributed by atoms with Crippen LogP contribution in [0.1, 0.15) is 12.8 Å². The zero-order valence-corrected chi connectivity index (χ0v) is 11.5. The van der Waals surface area contributed by atoms with E-state index in [4.69, 9.17) is 4.74 Å². The molecule has 0 bridgehead atoms. The number of hydrogen-bond acceptors (Lipinski definition) is 5. The average molecular weight is 299 g/mol. The first kappa shape index (κ1) is 15.2. The van der Waals surface area contributed by atoms with E-state index in [9.17, 15) is 18.4 Å². The lowest BCUT2D eigenvalue weighted by Gasteiger charge is -2.27. The lowest BCUT2D eigenvalue weighted by molar-refractivity contribution is -0.137. The second kappa shape index (κ2) is 6.07. The van der Waals surface area contributed by atoms with Gasteiger partial charge in [0, 0.05) is 5.92 Å². The van der Waals surface area contributed by atoms with E-state index < -0.39 is 30.4 Å². The van der Waals surface area contributed by atoms with Gasteiger partial charge in [-0.15, -0.1) is 0 Å². The van der Waals surface area contributed by atoms with Crippen LogP contribution in [0.2, 0.25) is 0 Å². The number of allylic oxidation sites excluding steroid dienone is 2. The van der Waals surface area contributed by atoms with Gasteiger partial charge in [0.15, 0.2) is 0 Å². The minimum absolute atomic E-state index is 0.00106. The third-order valence-corrected chi connectivity index (χ3v) is 3.46. The molecule has 0 unspecified atom stereocenters. The summed E-state index contributed by atoms with van der Waals surface area (Å²) in [5.74, 6) is -2.68. The van der Waals surface area contributed by atoms with Gasteiger partial charge in [-0.05, 0) is 12.8 Å². The van der Waals surface area contributed by atoms with Gasteiger partial charge in [0.1, 0.15) is 13.3 Å². The molecular weight excluding hydrogens is 284 g/mol. The molecule has 2 rings (SSSR count). The largest absolute Gasteiger partial charge is 0.466 e. The molecule has 2 aliphatic heterocycles. The molecule has 0 aromatic rings. The predicted octanol–water partition coefficient (Wildman–Crippen LogP) is 1.68. The summed E-state index contributed by atoms with van der Waals surface area (Å²) in [4.78, 5) is 23.7. The number of hydrogen-bond donors (Lipinski definition) is 1. The van der Waals surface area contributed by atoms with Gasteiger partial charge in [-0.25, -0.2) is 18.4 Å². The Balaban J connectivity index is 2.43. The van der Waals surface area contributed by atoms with Crippen molar-refractivity contribution in [3.63, 3.8) is 0 Å². The Labute approximate surface area is 120 Å². The van der Waals surface area contributed by atoms with Crippen LogP contribution in [0.25, 0.3) is 0 Å². The van der Waals surface area contributed by atoms with Gasteiger partial charge in [0.2, 0.25) is 0 Å². The molecule has 0 spiro atoms. The molecule has 0 aromatic carbocycles. The van der Waals surface area contributed by atoms with E-state index in [1.807, 2.05) is 0 Å². The number of carbonyl (C=O) groups is 2. The first-order valence-corrected chi connectivity index (χ1v) is 6.37. The molecule has 0 amide bonds. The Morgan fingerprint density at radius 3 is 2.86 bits per heavy atom. The molecular formula is C14H15F2NO4. The summed E-state index contributed by atoms with van der Waals surface area (Å²) in [5, 5.41) is 2.70. The number of halogens is 2. The van der Waals surface area contributed by atoms with Crippen LogP contribution in [0.4, 0.5) is 8.78 Å². The summed E-state index contributed by atoms with van der Waals surface area (Å²) in [6.07, 6.45) is 0.0632. The van der Waals surface area contributed by atoms with Gasteiger partial charge in [-0.3, -0.25) is 0 Å². The minimum atomic E-state index is -0.928. The van der Waals surface area contributed by atoms with Crippen molar-refractivity contribution >= 4 is 11.9 Å². The zero-order valence-electron chi connectivity index (χ0n) is 11.5. The van der Waals surface area contributed by atoms with E-state index in [0.29, 0.717) is 5.70 Å². The highest BCUT2D eigenvalue weighted by molar-refractivity contribution is 5.99. The zero-order chi connectivity index (χ0) is 15.6. The molecule has 114 valence electrons. The van der Waals surface area contributed by atoms with Crippen molar-refractivity contribution < 1.29 is 27.8 Å². The maximum Gasteiger partial charge on any atom is 0.336 e. The number of cyclic esters (lactones) is 1. The number of carbonyl (C=O) groups excluding carboxylic acids is 2. The van der Waals surface area contributed by atoms with E-state index in [-0.39, 0.29) is 36.3 Å². The Morgan fingerprint density at radius 1 is 1.57 bits per heavy atom. The lowest BCUT2D eigenvalue weighted by atomic mass is 9.82. The van der Waals surface area contributed by atoms with E-state index in [0.717, 1.165) is 7.11 Å². The standard InChI is InChI=1S/C14H15F2NO4/c1-7(16)3-4-8-11(13(18)20-2)9(5-15)17-10-6-21-14(19)12(8)10/h8,17H,1,3-6H2,2H3/t8-/m0/s1. The quantitative estimate of drug-likeness (QED) is 0.782. The van der Waals surface area contributed by atoms with Crippen LogP contribution in [0, 0.1) is 5.92 Å². The second-order valence-corrected chi connectivity index (χ2v) is 4.72. The Hall–Kier alpha value is -2.18. The second-order valence-electron chi connectivity index (χ2n) is 4.72. The molecule has 7 heteroatoms. The molecule has 0 aromatic heterocycles. The number of ether oxygens (including phenoxy) is 2. The summed E-state index contributed by atoms with van der Waals surface area (Å²) in [6.45, 7) is 2.21. The molecule has 2 heterocycles. The van der Waals surface area contributed by atoms with E-state index >= 15 is 0 Å². The van der Waals surface area contributed by atoms with Crippen LogP contribution in [-0.2, 0) is 19.1 Å². The van der Waals surface area contributed by atoms with Gasteiger partial charge in [-0.1, -0.05) is 6.58 Å². The number of alkyl halides is 1. The Bertz CT molecular complexity index is 565. The number of esters is 2. The third-order valence-electron chi connectivity index (χ3n) is 3.46. The van der Waals surface area contributed by atoms with E-state index in [2.05, 4.69) is 16.6 Å². The number of methoxy groups -OCH3 is 1. The van der Waals surface area contributed by atoms with Crippen LogP contribution in [0.15, 0.2) is 34.9 Å². The fourth-order valence-electron chi connectivity index (χ4n) is 2.55. The van der Waals surface area contributed by atoms with Gasteiger partial charge < -0.3 is 14.8 Å². The number of nitrogens with one attached hydrogen (secondary N) is 1. The van der Waals surface area contributed by atoms with Crippen molar-refractivity contribution in [1.29, 1.82) is 0 Å². The molecule has 0 fully saturated rings. The summed E-state index contributed by atoms with van der Waals surface area (Å²) < 4.78 is 35.7. The van der Waals surface area contributed by atoms with Crippen molar-refractivity contribution in [2.24, 2.45) is 5.92 Å². The van der Waals surface area contributed by atoms with Crippen molar-refractivity contribution in [2.75, 3.05) is 20.4 Å². The van der Waals surface area contributed by atoms with Crippen LogP contribution in [-0.4, -0.2) is 32.3 Å². The smallest absolute Gasteiger partial charge is 0.336 e. The first-order chi connectivity index (χ1) is 9.99. The fourth-order valence-corrected chi connectivity index (χ4v) is 2.55. The monoisotopic (exact) mass is 299 g/mol. The van der Waals surface area contributed by atoms with Crippen LogP contribution < -0.4 is 5.32 Å². The molecule has 21 heavy (non-hydrogen) atoms. The molecule has 1 atom stereocenters. The molecule has 0 radical (unpaired) electrons. The fraction of sp³-hybridized carbons (Fsp3) is 0.429. The number of rotatable bonds is 5. The molecule has 0 aliphatic carbocycles. The molecule has 2 aliphatic rings. The average Bonchev–Trinajstić information content (AvgIpc) is 2.84. The van der Waals surface area contributed by atoms with E-state index in [1.54, 1.807) is 0 Å². The van der Waals surface area contributed by atoms with Crippen LogP contribution in [0.5, 0.6) is 0 Å². The van der Waals surface area contributed by atoms with Crippen LogP contribution in [0.3, 0.4) is 0 Å². The maximum absolute atomic E-state index is 13.2. The molecule has 1 N–H and O–H groups in total. The first-order valence-electron chi connectivity index (χ1n) is 6.37. The van der Waals surface area contributed by atoms with Gasteiger partial charge >= 0.3 is 11.9 Å². The number of dihydropyridines is 1. The summed E-state index contributed by atoms with van der Waals surface area (Å²) in [7, 11) is 1.16. The molecule has 5 nitrogen and oxygen atoms in total. The highest BCUT2D eigenvalue weighted by Gasteiger charge is 2.41. The SMILES string of the molecule is C=C(F)CC[C@H]1C(C(=O)OC)=C(CF)NC2=C1C(=O)OC2. The van der Waals surface area contributed by atoms with Crippen molar-refractivity contribution in [1.82, 2.24) is 5.32 Å². The lowest BCUT2D eigenvalue weighted by Crippen LogP contribution is -2.32. The summed E-state index contributed by atoms with van der Waals surface area (Å²) in [5.41, 5.74) is 0.663. The minimum Gasteiger partial charge on any atom is -0.466 e. The maximum atomic E-state index is 13.2. The summed E-state index contributed by atoms with van der Waals surface area (Å²) >= 11 is 0. The van der Waals surface area contributed by atoms with Crippen molar-refractivity contribution in [3.05, 3.63) is 34.9 Å².